The molecule has 2 rings (SSSR count). The van der Waals surface area contributed by atoms with E-state index in [4.69, 9.17) is 4.74 Å². The summed E-state index contributed by atoms with van der Waals surface area (Å²) in [5.74, 6) is -0.167. The summed E-state index contributed by atoms with van der Waals surface area (Å²) in [4.78, 5) is 2.46. The van der Waals surface area contributed by atoms with Gasteiger partial charge in [0, 0.05) is 19.1 Å². The molecule has 1 heterocycles. The van der Waals surface area contributed by atoms with Crippen molar-refractivity contribution < 1.29 is 9.13 Å². The molecule has 1 aromatic rings. The van der Waals surface area contributed by atoms with E-state index >= 15 is 0 Å². The second-order valence-electron chi connectivity index (χ2n) is 5.39. The molecule has 0 unspecified atom stereocenters. The van der Waals surface area contributed by atoms with Gasteiger partial charge in [-0.3, -0.25) is 4.90 Å². The van der Waals surface area contributed by atoms with E-state index in [9.17, 15) is 4.39 Å². The van der Waals surface area contributed by atoms with Crippen molar-refractivity contribution in [3.8, 4) is 0 Å². The van der Waals surface area contributed by atoms with E-state index in [0.29, 0.717) is 18.2 Å². The second-order valence-corrected chi connectivity index (χ2v) is 5.39. The second kappa shape index (κ2) is 5.81. The Hall–Kier alpha value is -0.930. The van der Waals surface area contributed by atoms with Crippen LogP contribution in [-0.4, -0.2) is 36.2 Å². The van der Waals surface area contributed by atoms with Crippen molar-refractivity contribution in [1.82, 2.24) is 4.90 Å². The van der Waals surface area contributed by atoms with Crippen LogP contribution in [0.15, 0.2) is 24.3 Å². The van der Waals surface area contributed by atoms with Crippen LogP contribution < -0.4 is 0 Å². The van der Waals surface area contributed by atoms with Crippen molar-refractivity contribution in [2.75, 3.05) is 13.1 Å². The summed E-state index contributed by atoms with van der Waals surface area (Å²) in [7, 11) is 0. The number of hydrogen-bond donors (Lipinski definition) is 0. The minimum Gasteiger partial charge on any atom is -0.373 e. The van der Waals surface area contributed by atoms with Gasteiger partial charge in [-0.25, -0.2) is 4.39 Å². The zero-order valence-electron chi connectivity index (χ0n) is 11.4. The Balaban J connectivity index is 1.94. The maximum Gasteiger partial charge on any atom is 0.123 e. The van der Waals surface area contributed by atoms with Crippen molar-refractivity contribution in [1.29, 1.82) is 0 Å². The molecular weight excluding hydrogens is 229 g/mol. The van der Waals surface area contributed by atoms with Crippen LogP contribution in [0.25, 0.3) is 0 Å². The number of rotatable bonds is 3. The summed E-state index contributed by atoms with van der Waals surface area (Å²) >= 11 is 0. The third-order valence-electron chi connectivity index (χ3n) is 3.52. The van der Waals surface area contributed by atoms with Crippen LogP contribution >= 0.6 is 0 Å². The lowest BCUT2D eigenvalue weighted by Crippen LogP contribution is -2.49. The first kappa shape index (κ1) is 13.5. The largest absolute Gasteiger partial charge is 0.373 e. The van der Waals surface area contributed by atoms with Crippen molar-refractivity contribution in [3.05, 3.63) is 35.6 Å². The van der Waals surface area contributed by atoms with E-state index in [1.54, 1.807) is 0 Å². The lowest BCUT2D eigenvalue weighted by Gasteiger charge is -2.39. The summed E-state index contributed by atoms with van der Waals surface area (Å²) in [6, 6.07) is 7.28. The third kappa shape index (κ3) is 3.53. The minimum atomic E-state index is -0.167. The number of benzene rings is 1. The Morgan fingerprint density at radius 1 is 1.22 bits per heavy atom. The summed E-state index contributed by atoms with van der Waals surface area (Å²) in [5, 5.41) is 0. The molecule has 0 saturated carbocycles. The van der Waals surface area contributed by atoms with Crippen LogP contribution in [0.5, 0.6) is 0 Å². The van der Waals surface area contributed by atoms with Crippen molar-refractivity contribution in [2.45, 2.75) is 45.4 Å². The van der Waals surface area contributed by atoms with Crippen molar-refractivity contribution in [2.24, 2.45) is 0 Å². The predicted molar refractivity (Wildman–Crippen MR) is 71.1 cm³/mol. The Labute approximate surface area is 109 Å². The molecule has 0 bridgehead atoms. The van der Waals surface area contributed by atoms with Gasteiger partial charge in [-0.2, -0.15) is 0 Å². The van der Waals surface area contributed by atoms with E-state index in [1.807, 2.05) is 12.1 Å². The van der Waals surface area contributed by atoms with Crippen molar-refractivity contribution >= 4 is 0 Å². The molecule has 0 aromatic heterocycles. The fourth-order valence-electron chi connectivity index (χ4n) is 2.67. The maximum atomic E-state index is 12.9. The smallest absolute Gasteiger partial charge is 0.123 e. The monoisotopic (exact) mass is 251 g/mol. The predicted octanol–water partition coefficient (Wildman–Crippen LogP) is 2.87. The summed E-state index contributed by atoms with van der Waals surface area (Å²) in [6.45, 7) is 8.42. The molecule has 2 nitrogen and oxygen atoms in total. The Bertz CT molecular complexity index is 369. The van der Waals surface area contributed by atoms with E-state index in [-0.39, 0.29) is 5.82 Å². The van der Waals surface area contributed by atoms with Crippen LogP contribution in [0.3, 0.4) is 0 Å². The molecular formula is C15H22FNO. The Kier molecular flexibility index (Phi) is 4.36. The lowest BCUT2D eigenvalue weighted by atomic mass is 10.0. The van der Waals surface area contributed by atoms with Crippen LogP contribution in [0.4, 0.5) is 4.39 Å². The number of ether oxygens (including phenoxy) is 1. The minimum absolute atomic E-state index is 0.167. The van der Waals surface area contributed by atoms with Gasteiger partial charge >= 0.3 is 0 Å². The summed E-state index contributed by atoms with van der Waals surface area (Å²) < 4.78 is 18.6. The Morgan fingerprint density at radius 3 is 2.33 bits per heavy atom. The first-order valence-corrected chi connectivity index (χ1v) is 6.68. The van der Waals surface area contributed by atoms with Crippen LogP contribution in [0, 0.1) is 5.82 Å². The molecule has 0 N–H and O–H groups in total. The van der Waals surface area contributed by atoms with Crippen LogP contribution in [0.2, 0.25) is 0 Å². The first-order valence-electron chi connectivity index (χ1n) is 6.68. The number of halogens is 1. The fourth-order valence-corrected chi connectivity index (χ4v) is 2.67. The molecule has 100 valence electrons. The molecule has 0 amide bonds. The third-order valence-corrected chi connectivity index (χ3v) is 3.52. The molecule has 1 aliphatic heterocycles. The Morgan fingerprint density at radius 2 is 1.78 bits per heavy atom. The van der Waals surface area contributed by atoms with Gasteiger partial charge < -0.3 is 4.74 Å². The molecule has 18 heavy (non-hydrogen) atoms. The quantitative estimate of drug-likeness (QED) is 0.819. The van der Waals surface area contributed by atoms with Gasteiger partial charge in [0.05, 0.1) is 12.2 Å². The highest BCUT2D eigenvalue weighted by Gasteiger charge is 2.25. The molecule has 3 heteroatoms. The summed E-state index contributed by atoms with van der Waals surface area (Å²) in [6.07, 6.45) is 1.55. The molecule has 0 aliphatic carbocycles. The van der Waals surface area contributed by atoms with Gasteiger partial charge in [0.25, 0.3) is 0 Å². The SMILES string of the molecule is C[C@@H]1CN([C@@H](C)Cc2ccc(F)cc2)C[C@@H](C)O1. The van der Waals surface area contributed by atoms with Crippen LogP contribution in [-0.2, 0) is 11.2 Å². The summed E-state index contributed by atoms with van der Waals surface area (Å²) in [5.41, 5.74) is 1.19. The fraction of sp³-hybridized carbons (Fsp3) is 0.600. The van der Waals surface area contributed by atoms with Gasteiger partial charge in [0.2, 0.25) is 0 Å². The van der Waals surface area contributed by atoms with Gasteiger partial charge in [-0.05, 0) is 44.9 Å². The van der Waals surface area contributed by atoms with Gasteiger partial charge in [-0.1, -0.05) is 12.1 Å². The molecule has 1 fully saturated rings. The number of nitrogens with zero attached hydrogens (tertiary/aromatic N) is 1. The standard InChI is InChI=1S/C15H22FNO/c1-11(8-14-4-6-15(16)7-5-14)17-9-12(2)18-13(3)10-17/h4-7,11-13H,8-10H2,1-3H3/t11-,12+,13+/m0/s1. The van der Waals surface area contributed by atoms with E-state index in [2.05, 4.69) is 25.7 Å². The van der Waals surface area contributed by atoms with Crippen molar-refractivity contribution in [3.63, 3.8) is 0 Å². The zero-order chi connectivity index (χ0) is 13.1. The highest BCUT2D eigenvalue weighted by atomic mass is 19.1. The molecule has 1 aliphatic rings. The lowest BCUT2D eigenvalue weighted by molar-refractivity contribution is -0.0782. The molecule has 1 saturated heterocycles. The normalized spacial score (nSPS) is 27.1. The highest BCUT2D eigenvalue weighted by molar-refractivity contribution is 5.17. The van der Waals surface area contributed by atoms with Gasteiger partial charge in [0.15, 0.2) is 0 Å². The maximum absolute atomic E-state index is 12.9. The van der Waals surface area contributed by atoms with E-state index < -0.39 is 0 Å². The number of hydrogen-bond acceptors (Lipinski definition) is 2. The van der Waals surface area contributed by atoms with Crippen LogP contribution in [0.1, 0.15) is 26.3 Å². The first-order chi connectivity index (χ1) is 8.54. The average Bonchev–Trinajstić information content (AvgIpc) is 2.31. The van der Waals surface area contributed by atoms with Gasteiger partial charge in [-0.15, -0.1) is 0 Å². The highest BCUT2D eigenvalue weighted by Crippen LogP contribution is 2.16. The topological polar surface area (TPSA) is 12.5 Å². The average molecular weight is 251 g/mol. The molecule has 0 radical (unpaired) electrons. The molecule has 3 atom stereocenters. The van der Waals surface area contributed by atoms with Gasteiger partial charge in [0.1, 0.15) is 5.82 Å². The number of morpholine rings is 1. The molecule has 1 aromatic carbocycles. The zero-order valence-corrected chi connectivity index (χ0v) is 11.4. The van der Waals surface area contributed by atoms with E-state index in [0.717, 1.165) is 19.5 Å². The molecule has 0 spiro atoms. The van der Waals surface area contributed by atoms with E-state index in [1.165, 1.54) is 17.7 Å².